The van der Waals surface area contributed by atoms with E-state index in [9.17, 15) is 9.59 Å². The fourth-order valence-electron chi connectivity index (χ4n) is 5.86. The summed E-state index contributed by atoms with van der Waals surface area (Å²) in [4.78, 5) is 30.6. The summed E-state index contributed by atoms with van der Waals surface area (Å²) in [5.74, 6) is 2.97. The summed E-state index contributed by atoms with van der Waals surface area (Å²) >= 11 is 0. The summed E-state index contributed by atoms with van der Waals surface area (Å²) < 4.78 is 10.6. The zero-order valence-electron chi connectivity index (χ0n) is 19.1. The Bertz CT molecular complexity index is 780. The molecule has 0 N–H and O–H groups in total. The van der Waals surface area contributed by atoms with E-state index in [0.717, 1.165) is 38.1 Å². The quantitative estimate of drug-likeness (QED) is 0.728. The Kier molecular flexibility index (Phi) is 6.73. The molecule has 0 aromatic heterocycles. The molecule has 1 aromatic rings. The number of hydrogen-bond acceptors (Lipinski definition) is 4. The van der Waals surface area contributed by atoms with Gasteiger partial charge < -0.3 is 19.3 Å². The molecule has 2 saturated heterocycles. The molecule has 1 aliphatic carbocycles. The lowest BCUT2D eigenvalue weighted by Gasteiger charge is -2.48. The van der Waals surface area contributed by atoms with Gasteiger partial charge in [0.05, 0.1) is 14.2 Å². The van der Waals surface area contributed by atoms with E-state index in [1.54, 1.807) is 32.4 Å². The minimum atomic E-state index is -0.0257. The Morgan fingerprint density at radius 2 is 1.52 bits per heavy atom. The van der Waals surface area contributed by atoms with Crippen LogP contribution in [0.1, 0.15) is 62.2 Å². The minimum Gasteiger partial charge on any atom is -0.497 e. The maximum absolute atomic E-state index is 13.4. The molecule has 0 bridgehead atoms. The van der Waals surface area contributed by atoms with Crippen LogP contribution < -0.4 is 9.47 Å². The highest BCUT2D eigenvalue weighted by Gasteiger charge is 2.41. The number of benzene rings is 1. The topological polar surface area (TPSA) is 59.1 Å². The first kappa shape index (κ1) is 22.0. The van der Waals surface area contributed by atoms with Crippen LogP contribution in [0.25, 0.3) is 0 Å². The van der Waals surface area contributed by atoms with Gasteiger partial charge in [0.1, 0.15) is 11.5 Å². The molecule has 0 unspecified atom stereocenters. The van der Waals surface area contributed by atoms with Crippen molar-refractivity contribution >= 4 is 11.8 Å². The number of hydrogen-bond donors (Lipinski definition) is 0. The zero-order chi connectivity index (χ0) is 22.0. The number of ether oxygens (including phenoxy) is 2. The molecule has 3 aliphatic rings. The first-order valence-electron chi connectivity index (χ1n) is 11.8. The maximum Gasteiger partial charge on any atom is 0.254 e. The van der Waals surface area contributed by atoms with Crippen molar-refractivity contribution in [3.05, 3.63) is 23.8 Å². The predicted molar refractivity (Wildman–Crippen MR) is 119 cm³/mol. The van der Waals surface area contributed by atoms with Gasteiger partial charge in [-0.2, -0.15) is 0 Å². The summed E-state index contributed by atoms with van der Waals surface area (Å²) in [6.07, 6.45) is 7.60. The minimum absolute atomic E-state index is 0.0257. The van der Waals surface area contributed by atoms with Gasteiger partial charge in [0.2, 0.25) is 5.91 Å². The van der Waals surface area contributed by atoms with Crippen molar-refractivity contribution in [3.8, 4) is 11.5 Å². The Labute approximate surface area is 185 Å². The van der Waals surface area contributed by atoms with Crippen LogP contribution in [-0.2, 0) is 4.79 Å². The third kappa shape index (κ3) is 4.53. The molecule has 0 radical (unpaired) electrons. The molecule has 6 nitrogen and oxygen atoms in total. The summed E-state index contributed by atoms with van der Waals surface area (Å²) in [5.41, 5.74) is 0.566. The molecule has 3 atom stereocenters. The first-order chi connectivity index (χ1) is 15.0. The van der Waals surface area contributed by atoms with Crippen molar-refractivity contribution in [2.75, 3.05) is 33.9 Å². The van der Waals surface area contributed by atoms with Crippen LogP contribution in [0.5, 0.6) is 11.5 Å². The molecular formula is C25H36N2O4. The third-order valence-electron chi connectivity index (χ3n) is 7.75. The average molecular weight is 429 g/mol. The standard InChI is InChI=1S/C25H36N2O4/c1-17-8-13-27(23-7-5-4-6-22(17)23)25(29)18-9-11-26(12-10-18)24(28)19-14-20(30-2)16-21(15-19)31-3/h14-18,22-23H,4-13H2,1-3H3/t17-,22+,23-/m0/s1. The van der Waals surface area contributed by atoms with Crippen LogP contribution in [0, 0.1) is 17.8 Å². The second-order valence-corrected chi connectivity index (χ2v) is 9.48. The number of carbonyl (C=O) groups excluding carboxylic acids is 2. The molecule has 2 amide bonds. The van der Waals surface area contributed by atoms with Crippen LogP contribution in [0.15, 0.2) is 18.2 Å². The third-order valence-corrected chi connectivity index (χ3v) is 7.75. The van der Waals surface area contributed by atoms with E-state index in [0.29, 0.717) is 48.0 Å². The van der Waals surface area contributed by atoms with Crippen LogP contribution in [-0.4, -0.2) is 61.5 Å². The van der Waals surface area contributed by atoms with E-state index in [1.807, 2.05) is 4.90 Å². The number of rotatable bonds is 4. The van der Waals surface area contributed by atoms with Gasteiger partial charge >= 0.3 is 0 Å². The van der Waals surface area contributed by atoms with E-state index in [2.05, 4.69) is 11.8 Å². The highest BCUT2D eigenvalue weighted by Crippen LogP contribution is 2.40. The van der Waals surface area contributed by atoms with Crippen molar-refractivity contribution < 1.29 is 19.1 Å². The van der Waals surface area contributed by atoms with E-state index in [4.69, 9.17) is 9.47 Å². The van der Waals surface area contributed by atoms with Gasteiger partial charge in [-0.15, -0.1) is 0 Å². The second kappa shape index (κ2) is 9.49. The lowest BCUT2D eigenvalue weighted by Crippen LogP contribution is -2.55. The number of fused-ring (bicyclic) bond motifs is 1. The lowest BCUT2D eigenvalue weighted by atomic mass is 9.72. The average Bonchev–Trinajstić information content (AvgIpc) is 2.83. The fourth-order valence-corrected chi connectivity index (χ4v) is 5.86. The Morgan fingerprint density at radius 3 is 2.16 bits per heavy atom. The van der Waals surface area contributed by atoms with Gasteiger partial charge in [-0.1, -0.05) is 19.8 Å². The SMILES string of the molecule is COc1cc(OC)cc(C(=O)N2CCC(C(=O)N3CC[C@H](C)[C@H]4CCCC[C@@H]43)CC2)c1. The fraction of sp³-hybridized carbons (Fsp3) is 0.680. The van der Waals surface area contributed by atoms with E-state index < -0.39 is 0 Å². The molecular weight excluding hydrogens is 392 g/mol. The van der Waals surface area contributed by atoms with E-state index in [1.165, 1.54) is 19.3 Å². The summed E-state index contributed by atoms with van der Waals surface area (Å²) in [7, 11) is 3.16. The highest BCUT2D eigenvalue weighted by atomic mass is 16.5. The van der Waals surface area contributed by atoms with Gasteiger partial charge in [0, 0.05) is 43.2 Å². The van der Waals surface area contributed by atoms with Gasteiger partial charge in [0.15, 0.2) is 0 Å². The summed E-state index contributed by atoms with van der Waals surface area (Å²) in [6.45, 7) is 4.51. The smallest absolute Gasteiger partial charge is 0.254 e. The van der Waals surface area contributed by atoms with Crippen molar-refractivity contribution in [1.29, 1.82) is 0 Å². The van der Waals surface area contributed by atoms with Crippen LogP contribution >= 0.6 is 0 Å². The normalized spacial score (nSPS) is 26.9. The molecule has 6 heteroatoms. The van der Waals surface area contributed by atoms with E-state index in [-0.39, 0.29) is 11.8 Å². The first-order valence-corrected chi connectivity index (χ1v) is 11.8. The lowest BCUT2D eigenvalue weighted by molar-refractivity contribution is -0.144. The van der Waals surface area contributed by atoms with Crippen molar-refractivity contribution in [2.45, 2.75) is 57.9 Å². The van der Waals surface area contributed by atoms with Crippen molar-refractivity contribution in [2.24, 2.45) is 17.8 Å². The number of nitrogens with zero attached hydrogens (tertiary/aromatic N) is 2. The monoisotopic (exact) mass is 428 g/mol. The van der Waals surface area contributed by atoms with Gasteiger partial charge in [0.25, 0.3) is 5.91 Å². The highest BCUT2D eigenvalue weighted by molar-refractivity contribution is 5.95. The van der Waals surface area contributed by atoms with Crippen LogP contribution in [0.3, 0.4) is 0 Å². The van der Waals surface area contributed by atoms with Gasteiger partial charge in [-0.3, -0.25) is 9.59 Å². The number of amides is 2. The predicted octanol–water partition coefficient (Wildman–Crippen LogP) is 3.98. The number of piperidine rings is 2. The summed E-state index contributed by atoms with van der Waals surface area (Å²) in [5, 5.41) is 0. The number of carbonyl (C=O) groups is 2. The molecule has 2 heterocycles. The van der Waals surface area contributed by atoms with E-state index >= 15 is 0 Å². The maximum atomic E-state index is 13.4. The molecule has 31 heavy (non-hydrogen) atoms. The molecule has 4 rings (SSSR count). The van der Waals surface area contributed by atoms with Gasteiger partial charge in [-0.25, -0.2) is 0 Å². The summed E-state index contributed by atoms with van der Waals surface area (Å²) in [6, 6.07) is 5.70. The Balaban J connectivity index is 1.38. The largest absolute Gasteiger partial charge is 0.497 e. The van der Waals surface area contributed by atoms with Gasteiger partial charge in [-0.05, 0) is 56.1 Å². The molecule has 0 spiro atoms. The van der Waals surface area contributed by atoms with Crippen molar-refractivity contribution in [1.82, 2.24) is 9.80 Å². The number of likely N-dealkylation sites (tertiary alicyclic amines) is 2. The molecule has 1 aromatic carbocycles. The van der Waals surface area contributed by atoms with Crippen LogP contribution in [0.4, 0.5) is 0 Å². The second-order valence-electron chi connectivity index (χ2n) is 9.48. The number of methoxy groups -OCH3 is 2. The zero-order valence-corrected chi connectivity index (χ0v) is 19.1. The molecule has 170 valence electrons. The molecule has 1 saturated carbocycles. The van der Waals surface area contributed by atoms with Crippen LogP contribution in [0.2, 0.25) is 0 Å². The van der Waals surface area contributed by atoms with Crippen molar-refractivity contribution in [3.63, 3.8) is 0 Å². The Morgan fingerprint density at radius 1 is 0.871 bits per heavy atom. The molecule has 3 fully saturated rings. The molecule has 2 aliphatic heterocycles. The Hall–Kier alpha value is -2.24.